The maximum absolute atomic E-state index is 12.7. The number of benzene rings is 2. The highest BCUT2D eigenvalue weighted by Crippen LogP contribution is 2.32. The smallest absolute Gasteiger partial charge is 0.237 e. The summed E-state index contributed by atoms with van der Waals surface area (Å²) < 4.78 is 7.41. The Morgan fingerprint density at radius 1 is 1.23 bits per heavy atom. The molecule has 0 radical (unpaired) electrons. The number of aromatic nitrogens is 3. The van der Waals surface area contributed by atoms with Crippen molar-refractivity contribution < 1.29 is 9.53 Å². The second-order valence-electron chi connectivity index (χ2n) is 7.10. The Bertz CT molecular complexity index is 1050. The molecule has 0 bridgehead atoms. The number of methoxy groups -OCH3 is 1. The quantitative estimate of drug-likeness (QED) is 0.397. The van der Waals surface area contributed by atoms with Crippen LogP contribution in [0.15, 0.2) is 66.3 Å². The fraction of sp³-hybridized carbons (Fsp3) is 0.261. The summed E-state index contributed by atoms with van der Waals surface area (Å²) in [6.45, 7) is 6.21. The van der Waals surface area contributed by atoms with Crippen molar-refractivity contribution >= 4 is 29.0 Å². The fourth-order valence-corrected chi connectivity index (χ4v) is 3.86. The number of allylic oxidation sites excluding steroid dienone is 1. The first-order chi connectivity index (χ1) is 14.9. The van der Waals surface area contributed by atoms with Gasteiger partial charge in [-0.1, -0.05) is 30.0 Å². The van der Waals surface area contributed by atoms with E-state index in [1.54, 1.807) is 13.2 Å². The third-order valence-corrected chi connectivity index (χ3v) is 5.76. The lowest BCUT2D eigenvalue weighted by molar-refractivity contribution is -0.115. The van der Waals surface area contributed by atoms with Crippen molar-refractivity contribution in [2.45, 2.75) is 23.9 Å². The summed E-state index contributed by atoms with van der Waals surface area (Å²) in [5.41, 5.74) is 2.66. The zero-order chi connectivity index (χ0) is 22.4. The van der Waals surface area contributed by atoms with Crippen molar-refractivity contribution in [1.29, 1.82) is 0 Å². The molecule has 0 spiro atoms. The summed E-state index contributed by atoms with van der Waals surface area (Å²) in [6.07, 6.45) is 1.78. The number of thioether (sulfide) groups is 1. The summed E-state index contributed by atoms with van der Waals surface area (Å²) in [7, 11) is 5.58. The molecular weight excluding hydrogens is 410 g/mol. The molecule has 0 saturated heterocycles. The number of hydrogen-bond donors (Lipinski definition) is 1. The summed E-state index contributed by atoms with van der Waals surface area (Å²) >= 11 is 1.35. The van der Waals surface area contributed by atoms with Crippen molar-refractivity contribution in [1.82, 2.24) is 14.8 Å². The zero-order valence-corrected chi connectivity index (χ0v) is 19.0. The molecule has 0 aliphatic rings. The van der Waals surface area contributed by atoms with E-state index in [4.69, 9.17) is 4.74 Å². The predicted molar refractivity (Wildman–Crippen MR) is 127 cm³/mol. The van der Waals surface area contributed by atoms with Crippen LogP contribution in [0.1, 0.15) is 6.92 Å². The summed E-state index contributed by atoms with van der Waals surface area (Å²) in [5, 5.41) is 11.9. The molecule has 3 rings (SSSR count). The minimum atomic E-state index is -0.369. The Morgan fingerprint density at radius 3 is 2.58 bits per heavy atom. The highest BCUT2D eigenvalue weighted by molar-refractivity contribution is 8.00. The van der Waals surface area contributed by atoms with Crippen LogP contribution in [0.25, 0.3) is 11.4 Å². The van der Waals surface area contributed by atoms with Crippen LogP contribution in [0.4, 0.5) is 11.4 Å². The van der Waals surface area contributed by atoms with Gasteiger partial charge in [-0.05, 0) is 43.3 Å². The third kappa shape index (κ3) is 5.27. The molecule has 0 aliphatic heterocycles. The van der Waals surface area contributed by atoms with Crippen LogP contribution in [0.3, 0.4) is 0 Å². The van der Waals surface area contributed by atoms with Crippen molar-refractivity contribution in [2.24, 2.45) is 0 Å². The van der Waals surface area contributed by atoms with Crippen LogP contribution in [-0.4, -0.2) is 47.1 Å². The van der Waals surface area contributed by atoms with Gasteiger partial charge in [0.1, 0.15) is 5.75 Å². The normalized spacial score (nSPS) is 11.6. The molecule has 1 heterocycles. The van der Waals surface area contributed by atoms with E-state index in [0.29, 0.717) is 23.3 Å². The van der Waals surface area contributed by atoms with E-state index in [9.17, 15) is 4.79 Å². The molecule has 31 heavy (non-hydrogen) atoms. The predicted octanol–water partition coefficient (Wildman–Crippen LogP) is 4.33. The van der Waals surface area contributed by atoms with E-state index >= 15 is 0 Å². The number of amides is 1. The lowest BCUT2D eigenvalue weighted by Gasteiger charge is -2.15. The molecule has 1 amide bonds. The molecule has 162 valence electrons. The number of nitrogens with zero attached hydrogens (tertiary/aromatic N) is 4. The van der Waals surface area contributed by atoms with Crippen LogP contribution < -0.4 is 15.0 Å². The molecular formula is C23H27N5O2S. The van der Waals surface area contributed by atoms with E-state index in [0.717, 1.165) is 16.9 Å². The average molecular weight is 438 g/mol. The molecule has 2 aromatic carbocycles. The zero-order valence-electron chi connectivity index (χ0n) is 18.2. The molecule has 3 aromatic rings. The van der Waals surface area contributed by atoms with E-state index < -0.39 is 0 Å². The number of rotatable bonds is 9. The molecule has 0 saturated carbocycles. The van der Waals surface area contributed by atoms with Crippen molar-refractivity contribution in [3.63, 3.8) is 0 Å². The Hall–Kier alpha value is -3.26. The van der Waals surface area contributed by atoms with Gasteiger partial charge in [0.15, 0.2) is 11.0 Å². The Labute approximate surface area is 187 Å². The second-order valence-corrected chi connectivity index (χ2v) is 8.40. The minimum Gasteiger partial charge on any atom is -0.496 e. The summed E-state index contributed by atoms with van der Waals surface area (Å²) in [4.78, 5) is 14.8. The second kappa shape index (κ2) is 10.2. The maximum atomic E-state index is 12.7. The van der Waals surface area contributed by atoms with Gasteiger partial charge in [0.05, 0.1) is 17.9 Å². The maximum Gasteiger partial charge on any atom is 0.237 e. The van der Waals surface area contributed by atoms with Crippen molar-refractivity contribution in [3.8, 4) is 17.1 Å². The highest BCUT2D eigenvalue weighted by Gasteiger charge is 2.22. The molecule has 0 fully saturated rings. The number of carbonyl (C=O) groups excluding carboxylic acids is 1. The first kappa shape index (κ1) is 22.4. The minimum absolute atomic E-state index is 0.102. The van der Waals surface area contributed by atoms with Crippen LogP contribution in [0.5, 0.6) is 5.75 Å². The number of hydrogen-bond acceptors (Lipinski definition) is 6. The average Bonchev–Trinajstić information content (AvgIpc) is 3.16. The van der Waals surface area contributed by atoms with Gasteiger partial charge in [0.25, 0.3) is 0 Å². The molecule has 7 nitrogen and oxygen atoms in total. The number of ether oxygens (including phenoxy) is 1. The number of para-hydroxylation sites is 1. The van der Waals surface area contributed by atoms with Crippen LogP contribution >= 0.6 is 11.8 Å². The van der Waals surface area contributed by atoms with Crippen LogP contribution in [0, 0.1) is 0 Å². The van der Waals surface area contributed by atoms with Gasteiger partial charge in [-0.3, -0.25) is 9.36 Å². The van der Waals surface area contributed by atoms with E-state index in [1.807, 2.05) is 79.0 Å². The standard InChI is InChI=1S/C23H27N5O2S/c1-6-15-28-21(19-9-7-8-10-20(19)30-5)25-26-23(28)31-16(2)22(29)24-17-11-13-18(14-12-17)27(3)4/h6-14,16H,1,15H2,2-5H3,(H,24,29). The van der Waals surface area contributed by atoms with Gasteiger partial charge in [-0.15, -0.1) is 16.8 Å². The molecule has 0 aliphatic carbocycles. The van der Waals surface area contributed by atoms with E-state index in [2.05, 4.69) is 22.1 Å². The van der Waals surface area contributed by atoms with Gasteiger partial charge in [0.2, 0.25) is 5.91 Å². The molecule has 1 N–H and O–H groups in total. The molecule has 1 atom stereocenters. The highest BCUT2D eigenvalue weighted by atomic mass is 32.2. The molecule has 1 aromatic heterocycles. The number of carbonyl (C=O) groups is 1. The number of anilines is 2. The first-order valence-corrected chi connectivity index (χ1v) is 10.7. The fourth-order valence-electron chi connectivity index (χ4n) is 3.00. The molecule has 1 unspecified atom stereocenters. The third-order valence-electron chi connectivity index (χ3n) is 4.68. The van der Waals surface area contributed by atoms with Crippen molar-refractivity contribution in [2.75, 3.05) is 31.4 Å². The van der Waals surface area contributed by atoms with Crippen LogP contribution in [0.2, 0.25) is 0 Å². The largest absolute Gasteiger partial charge is 0.496 e. The first-order valence-electron chi connectivity index (χ1n) is 9.87. The van der Waals surface area contributed by atoms with Crippen molar-refractivity contribution in [3.05, 3.63) is 61.2 Å². The Morgan fingerprint density at radius 2 is 1.94 bits per heavy atom. The summed E-state index contributed by atoms with van der Waals surface area (Å²) in [6, 6.07) is 15.4. The van der Waals surface area contributed by atoms with Gasteiger partial charge in [0, 0.05) is 32.0 Å². The SMILES string of the molecule is C=CCn1c(SC(C)C(=O)Nc2ccc(N(C)C)cc2)nnc1-c1ccccc1OC. The monoisotopic (exact) mass is 437 g/mol. The van der Waals surface area contributed by atoms with Gasteiger partial charge >= 0.3 is 0 Å². The Kier molecular flexibility index (Phi) is 7.36. The topological polar surface area (TPSA) is 72.3 Å². The summed E-state index contributed by atoms with van der Waals surface area (Å²) in [5.74, 6) is 1.28. The van der Waals surface area contributed by atoms with Gasteiger partial charge in [-0.25, -0.2) is 0 Å². The van der Waals surface area contributed by atoms with Crippen LogP contribution in [-0.2, 0) is 11.3 Å². The van der Waals surface area contributed by atoms with Gasteiger partial charge < -0.3 is 15.0 Å². The lowest BCUT2D eigenvalue weighted by atomic mass is 10.2. The van der Waals surface area contributed by atoms with E-state index in [1.165, 1.54) is 11.8 Å². The van der Waals surface area contributed by atoms with E-state index in [-0.39, 0.29) is 11.2 Å². The molecule has 8 heteroatoms. The number of nitrogens with one attached hydrogen (secondary N) is 1. The Balaban J connectivity index is 1.77. The lowest BCUT2D eigenvalue weighted by Crippen LogP contribution is -2.23. The van der Waals surface area contributed by atoms with Gasteiger partial charge in [-0.2, -0.15) is 0 Å².